The van der Waals surface area contributed by atoms with Crippen molar-refractivity contribution in [1.29, 1.82) is 0 Å². The van der Waals surface area contributed by atoms with Gasteiger partial charge in [-0.05, 0) is 37.6 Å². The average molecular weight is 270 g/mol. The smallest absolute Gasteiger partial charge is 0.124 e. The summed E-state index contributed by atoms with van der Waals surface area (Å²) in [5.41, 5.74) is 3.49. The molecule has 1 aromatic carbocycles. The van der Waals surface area contributed by atoms with Gasteiger partial charge in [0.2, 0.25) is 0 Å². The van der Waals surface area contributed by atoms with E-state index in [9.17, 15) is 0 Å². The van der Waals surface area contributed by atoms with E-state index < -0.39 is 0 Å². The number of benzene rings is 1. The number of nitrogens with zero attached hydrogens (tertiary/aromatic N) is 1. The van der Waals surface area contributed by atoms with Gasteiger partial charge in [-0.15, -0.1) is 0 Å². The van der Waals surface area contributed by atoms with Gasteiger partial charge in [0.05, 0.1) is 12.6 Å². The second-order valence-electron chi connectivity index (χ2n) is 4.76. The van der Waals surface area contributed by atoms with Crippen molar-refractivity contribution < 1.29 is 4.74 Å². The Morgan fingerprint density at radius 3 is 2.70 bits per heavy atom. The molecule has 0 saturated carbocycles. The third-order valence-corrected chi connectivity index (χ3v) is 3.17. The van der Waals surface area contributed by atoms with Gasteiger partial charge in [-0.1, -0.05) is 31.2 Å². The first-order valence-electron chi connectivity index (χ1n) is 7.13. The predicted octanol–water partition coefficient (Wildman–Crippen LogP) is 3.49. The first-order chi connectivity index (χ1) is 9.76. The van der Waals surface area contributed by atoms with E-state index in [-0.39, 0.29) is 6.04 Å². The lowest BCUT2D eigenvalue weighted by Gasteiger charge is -2.21. The molecule has 1 heterocycles. The molecule has 1 unspecified atom stereocenters. The topological polar surface area (TPSA) is 34.2 Å². The van der Waals surface area contributed by atoms with Gasteiger partial charge in [0.25, 0.3) is 0 Å². The molecule has 106 valence electrons. The molecule has 3 heteroatoms. The van der Waals surface area contributed by atoms with E-state index in [4.69, 9.17) is 4.74 Å². The summed E-state index contributed by atoms with van der Waals surface area (Å²) in [6.07, 6.45) is 3.80. The van der Waals surface area contributed by atoms with Crippen LogP contribution in [0.15, 0.2) is 42.7 Å². The number of nitrogens with one attached hydrogen (secondary N) is 1. The molecule has 1 N–H and O–H groups in total. The maximum atomic E-state index is 5.76. The van der Waals surface area contributed by atoms with Gasteiger partial charge < -0.3 is 10.1 Å². The zero-order valence-corrected chi connectivity index (χ0v) is 12.4. The number of aromatic nitrogens is 1. The van der Waals surface area contributed by atoms with Crippen molar-refractivity contribution in [2.75, 3.05) is 13.2 Å². The summed E-state index contributed by atoms with van der Waals surface area (Å²) in [6.45, 7) is 7.74. The van der Waals surface area contributed by atoms with E-state index in [1.54, 1.807) is 0 Å². The molecule has 0 aliphatic carbocycles. The molecule has 0 fully saturated rings. The van der Waals surface area contributed by atoms with Gasteiger partial charge in [0, 0.05) is 18.0 Å². The Morgan fingerprint density at radius 2 is 2.00 bits per heavy atom. The lowest BCUT2D eigenvalue weighted by Crippen LogP contribution is -2.23. The molecule has 0 saturated heterocycles. The van der Waals surface area contributed by atoms with Crippen LogP contribution in [0, 0.1) is 6.92 Å². The first-order valence-corrected chi connectivity index (χ1v) is 7.13. The highest BCUT2D eigenvalue weighted by Gasteiger charge is 2.17. The van der Waals surface area contributed by atoms with Crippen molar-refractivity contribution in [2.45, 2.75) is 26.8 Å². The highest BCUT2D eigenvalue weighted by atomic mass is 16.5. The zero-order chi connectivity index (χ0) is 14.4. The fraction of sp³-hybridized carbons (Fsp3) is 0.353. The van der Waals surface area contributed by atoms with E-state index in [1.165, 1.54) is 11.1 Å². The molecule has 1 atom stereocenters. The van der Waals surface area contributed by atoms with Crippen LogP contribution in [0.25, 0.3) is 0 Å². The van der Waals surface area contributed by atoms with Crippen molar-refractivity contribution in [2.24, 2.45) is 0 Å². The fourth-order valence-electron chi connectivity index (χ4n) is 2.35. The maximum absolute atomic E-state index is 5.76. The van der Waals surface area contributed by atoms with Gasteiger partial charge >= 0.3 is 0 Å². The van der Waals surface area contributed by atoms with E-state index in [0.29, 0.717) is 6.61 Å². The second-order valence-corrected chi connectivity index (χ2v) is 4.76. The molecule has 0 bridgehead atoms. The van der Waals surface area contributed by atoms with Crippen molar-refractivity contribution in [1.82, 2.24) is 10.3 Å². The van der Waals surface area contributed by atoms with Crippen LogP contribution < -0.4 is 10.1 Å². The van der Waals surface area contributed by atoms with Crippen molar-refractivity contribution >= 4 is 0 Å². The van der Waals surface area contributed by atoms with Crippen molar-refractivity contribution in [3.63, 3.8) is 0 Å². The van der Waals surface area contributed by atoms with Crippen LogP contribution in [0.4, 0.5) is 0 Å². The third-order valence-electron chi connectivity index (χ3n) is 3.17. The number of hydrogen-bond acceptors (Lipinski definition) is 3. The summed E-state index contributed by atoms with van der Waals surface area (Å²) in [5, 5.41) is 3.52. The first kappa shape index (κ1) is 14.5. The van der Waals surface area contributed by atoms with Gasteiger partial charge in [0.1, 0.15) is 5.75 Å². The molecule has 20 heavy (non-hydrogen) atoms. The quantitative estimate of drug-likeness (QED) is 0.872. The third kappa shape index (κ3) is 3.36. The minimum Gasteiger partial charge on any atom is -0.494 e. The number of para-hydroxylation sites is 1. The number of ether oxygens (including phenoxy) is 1. The molecule has 0 spiro atoms. The highest BCUT2D eigenvalue weighted by molar-refractivity contribution is 5.41. The van der Waals surface area contributed by atoms with Crippen LogP contribution in [0.5, 0.6) is 5.75 Å². The van der Waals surface area contributed by atoms with E-state index >= 15 is 0 Å². The maximum Gasteiger partial charge on any atom is 0.124 e. The normalized spacial score (nSPS) is 12.2. The molecule has 2 aromatic rings. The number of pyridine rings is 1. The lowest BCUT2D eigenvalue weighted by atomic mass is 9.98. The van der Waals surface area contributed by atoms with E-state index in [0.717, 1.165) is 17.9 Å². The minimum absolute atomic E-state index is 0.107. The van der Waals surface area contributed by atoms with Crippen LogP contribution in [0.2, 0.25) is 0 Å². The Labute approximate surface area is 121 Å². The molecule has 0 aliphatic rings. The molecule has 2 rings (SSSR count). The largest absolute Gasteiger partial charge is 0.494 e. The molecule has 0 radical (unpaired) electrons. The summed E-state index contributed by atoms with van der Waals surface area (Å²) in [5.74, 6) is 0.933. The molecular formula is C17H22N2O. The summed E-state index contributed by atoms with van der Waals surface area (Å²) >= 11 is 0. The van der Waals surface area contributed by atoms with Crippen LogP contribution in [0.3, 0.4) is 0 Å². The molecule has 3 nitrogen and oxygen atoms in total. The fourth-order valence-corrected chi connectivity index (χ4v) is 2.35. The number of hydrogen-bond donors (Lipinski definition) is 1. The van der Waals surface area contributed by atoms with Gasteiger partial charge in [-0.25, -0.2) is 0 Å². The molecule has 1 aromatic heterocycles. The van der Waals surface area contributed by atoms with Crippen LogP contribution in [0.1, 0.15) is 36.6 Å². The number of aryl methyl sites for hydroxylation is 1. The predicted molar refractivity (Wildman–Crippen MR) is 82.1 cm³/mol. The summed E-state index contributed by atoms with van der Waals surface area (Å²) in [7, 11) is 0. The average Bonchev–Trinajstić information content (AvgIpc) is 2.46. The Bertz CT molecular complexity index is 554. The summed E-state index contributed by atoms with van der Waals surface area (Å²) in [4.78, 5) is 4.31. The zero-order valence-electron chi connectivity index (χ0n) is 12.4. The Hall–Kier alpha value is -1.87. The van der Waals surface area contributed by atoms with Gasteiger partial charge in [-0.3, -0.25) is 4.98 Å². The monoisotopic (exact) mass is 270 g/mol. The summed E-state index contributed by atoms with van der Waals surface area (Å²) in [6, 6.07) is 10.5. The number of rotatable bonds is 6. The molecule has 0 aliphatic heterocycles. The molecule has 0 amide bonds. The van der Waals surface area contributed by atoms with E-state index in [1.807, 2.05) is 37.5 Å². The summed E-state index contributed by atoms with van der Waals surface area (Å²) < 4.78 is 5.76. The Kier molecular flexibility index (Phi) is 5.13. The van der Waals surface area contributed by atoms with Gasteiger partial charge in [0.15, 0.2) is 0 Å². The standard InChI is InChI=1S/C17H22N2O/c1-4-19-17(14-10-13(3)11-18-12-14)15-8-6-7-9-16(15)20-5-2/h6-12,17,19H,4-5H2,1-3H3. The Balaban J connectivity index is 2.43. The second kappa shape index (κ2) is 7.06. The lowest BCUT2D eigenvalue weighted by molar-refractivity contribution is 0.333. The molecular weight excluding hydrogens is 248 g/mol. The van der Waals surface area contributed by atoms with Crippen LogP contribution in [-0.4, -0.2) is 18.1 Å². The van der Waals surface area contributed by atoms with Crippen LogP contribution in [-0.2, 0) is 0 Å². The van der Waals surface area contributed by atoms with Gasteiger partial charge in [-0.2, -0.15) is 0 Å². The highest BCUT2D eigenvalue weighted by Crippen LogP contribution is 2.30. The van der Waals surface area contributed by atoms with Crippen molar-refractivity contribution in [3.05, 3.63) is 59.4 Å². The minimum atomic E-state index is 0.107. The Morgan fingerprint density at radius 1 is 1.20 bits per heavy atom. The van der Waals surface area contributed by atoms with Crippen LogP contribution >= 0.6 is 0 Å². The van der Waals surface area contributed by atoms with E-state index in [2.05, 4.69) is 36.3 Å². The van der Waals surface area contributed by atoms with Crippen molar-refractivity contribution in [3.8, 4) is 5.75 Å². The SMILES string of the molecule is CCNC(c1cncc(C)c1)c1ccccc1OCC.